The van der Waals surface area contributed by atoms with Crippen LogP contribution in [0, 0.1) is 6.92 Å². The first-order valence-corrected chi connectivity index (χ1v) is 12.8. The average Bonchev–Trinajstić information content (AvgIpc) is 3.57. The number of hydrogen-bond acceptors (Lipinski definition) is 6. The number of fused-ring (bicyclic) bond motifs is 2. The van der Waals surface area contributed by atoms with Crippen LogP contribution in [0.3, 0.4) is 0 Å². The molecule has 0 atom stereocenters. The number of carbonyl (C=O) groups excluding carboxylic acids is 1. The van der Waals surface area contributed by atoms with Gasteiger partial charge in [-0.25, -0.2) is 4.98 Å². The highest BCUT2D eigenvalue weighted by molar-refractivity contribution is 7.13. The Bertz CT molecular complexity index is 1640. The van der Waals surface area contributed by atoms with E-state index in [4.69, 9.17) is 9.84 Å². The third-order valence-electron chi connectivity index (χ3n) is 6.44. The maximum Gasteiger partial charge on any atom is 0.255 e. The Morgan fingerprint density at radius 1 is 1.08 bits per heavy atom. The number of para-hydroxylation sites is 2. The van der Waals surface area contributed by atoms with Gasteiger partial charge in [-0.2, -0.15) is 9.78 Å². The minimum atomic E-state index is -0.592. The predicted molar refractivity (Wildman–Crippen MR) is 143 cm³/mol. The predicted octanol–water partition coefficient (Wildman–Crippen LogP) is 5.43. The fourth-order valence-corrected chi connectivity index (χ4v) is 5.36. The molecular formula is C28H23N5O3S. The highest BCUT2D eigenvalue weighted by Gasteiger charge is 2.33. The summed E-state index contributed by atoms with van der Waals surface area (Å²) in [5.74, 6) is 1.10. The Kier molecular flexibility index (Phi) is 5.69. The van der Waals surface area contributed by atoms with Crippen molar-refractivity contribution in [2.45, 2.75) is 26.2 Å². The number of nitrogens with one attached hydrogen (secondary N) is 2. The maximum atomic E-state index is 13.9. The molecule has 8 nitrogen and oxygen atoms in total. The molecule has 1 aliphatic heterocycles. The Balaban J connectivity index is 1.45. The molecule has 0 saturated heterocycles. The van der Waals surface area contributed by atoms with E-state index in [1.807, 2.05) is 73.0 Å². The van der Waals surface area contributed by atoms with Gasteiger partial charge >= 0.3 is 0 Å². The Labute approximate surface area is 216 Å². The van der Waals surface area contributed by atoms with Gasteiger partial charge in [0.15, 0.2) is 0 Å². The Morgan fingerprint density at radius 2 is 1.78 bits per heavy atom. The largest absolute Gasteiger partial charge is 0.457 e. The van der Waals surface area contributed by atoms with Gasteiger partial charge in [-0.1, -0.05) is 49.4 Å². The van der Waals surface area contributed by atoms with Gasteiger partial charge in [0.2, 0.25) is 11.9 Å². The van der Waals surface area contributed by atoms with Crippen LogP contribution in [-0.2, 0) is 11.2 Å². The van der Waals surface area contributed by atoms with Gasteiger partial charge in [0.1, 0.15) is 23.0 Å². The molecule has 1 amide bonds. The van der Waals surface area contributed by atoms with Crippen LogP contribution in [0.2, 0.25) is 0 Å². The number of carbonyl (C=O) groups is 1. The Morgan fingerprint density at radius 3 is 2.41 bits per heavy atom. The van der Waals surface area contributed by atoms with Crippen molar-refractivity contribution in [3.05, 3.63) is 105 Å². The van der Waals surface area contributed by atoms with Crippen molar-refractivity contribution in [1.82, 2.24) is 19.7 Å². The highest BCUT2D eigenvalue weighted by atomic mass is 32.1. The summed E-state index contributed by atoms with van der Waals surface area (Å²) in [6.07, 6.45) is 0.570. The number of anilines is 1. The van der Waals surface area contributed by atoms with Crippen LogP contribution >= 0.6 is 11.3 Å². The number of nitrogens with zero attached hydrogens (tertiary/aromatic N) is 3. The molecule has 2 aromatic carbocycles. The minimum Gasteiger partial charge on any atom is -0.457 e. The van der Waals surface area contributed by atoms with Gasteiger partial charge in [0.25, 0.3) is 5.56 Å². The van der Waals surface area contributed by atoms with E-state index < -0.39 is 5.92 Å². The van der Waals surface area contributed by atoms with E-state index in [1.54, 1.807) is 13.0 Å². The van der Waals surface area contributed by atoms with E-state index in [1.165, 1.54) is 16.0 Å². The molecule has 4 heterocycles. The van der Waals surface area contributed by atoms with E-state index in [-0.39, 0.29) is 17.4 Å². The number of aromatic amines is 1. The van der Waals surface area contributed by atoms with Crippen molar-refractivity contribution in [2.75, 3.05) is 5.32 Å². The van der Waals surface area contributed by atoms with E-state index in [2.05, 4.69) is 15.3 Å². The molecule has 0 saturated carbocycles. The lowest BCUT2D eigenvalue weighted by molar-refractivity contribution is -0.116. The first-order valence-electron chi connectivity index (χ1n) is 11.9. The first-order chi connectivity index (χ1) is 18.0. The van der Waals surface area contributed by atoms with Gasteiger partial charge in [-0.05, 0) is 36.9 Å². The second kappa shape index (κ2) is 9.18. The molecule has 37 heavy (non-hydrogen) atoms. The molecule has 3 aromatic heterocycles. The van der Waals surface area contributed by atoms with Crippen LogP contribution in [0.1, 0.15) is 35.2 Å². The SMILES string of the molecule is CCc1c(C)nc(-n2nc(-c3cccs3)cc2NC(=O)C2c3ccccc3Oc3ccccc32)[nH]c1=O. The first kappa shape index (κ1) is 22.9. The maximum absolute atomic E-state index is 13.9. The standard InChI is InChI=1S/C28H23N5O3S/c1-3-17-16(2)29-28(31-26(17)34)33-24(15-20(32-33)23-13-8-14-37-23)30-27(35)25-18-9-4-6-11-21(18)36-22-12-7-5-10-19(22)25/h4-15,25H,3H2,1-2H3,(H,30,35)(H,29,31,34). The molecule has 9 heteroatoms. The monoisotopic (exact) mass is 509 g/mol. The molecule has 0 radical (unpaired) electrons. The van der Waals surface area contributed by atoms with Crippen LogP contribution in [0.15, 0.2) is 76.9 Å². The lowest BCUT2D eigenvalue weighted by Gasteiger charge is -2.27. The van der Waals surface area contributed by atoms with E-state index in [0.29, 0.717) is 40.7 Å². The summed E-state index contributed by atoms with van der Waals surface area (Å²) < 4.78 is 7.54. The van der Waals surface area contributed by atoms with Crippen LogP contribution in [-0.4, -0.2) is 25.7 Å². The second-order valence-corrected chi connectivity index (χ2v) is 9.66. The van der Waals surface area contributed by atoms with E-state index in [9.17, 15) is 9.59 Å². The average molecular weight is 510 g/mol. The van der Waals surface area contributed by atoms with Gasteiger partial charge in [-0.15, -0.1) is 11.3 Å². The van der Waals surface area contributed by atoms with E-state index in [0.717, 1.165) is 16.0 Å². The minimum absolute atomic E-state index is 0.220. The molecule has 184 valence electrons. The zero-order valence-corrected chi connectivity index (χ0v) is 21.0. The lowest BCUT2D eigenvalue weighted by Crippen LogP contribution is -2.27. The zero-order chi connectivity index (χ0) is 25.5. The number of H-pyrrole nitrogens is 1. The summed E-state index contributed by atoms with van der Waals surface area (Å²) in [7, 11) is 0. The van der Waals surface area contributed by atoms with Crippen LogP contribution in [0.4, 0.5) is 5.82 Å². The van der Waals surface area contributed by atoms with Crippen molar-refractivity contribution in [3.63, 3.8) is 0 Å². The van der Waals surface area contributed by atoms with Crippen molar-refractivity contribution in [3.8, 4) is 28.0 Å². The summed E-state index contributed by atoms with van der Waals surface area (Å²) in [6.45, 7) is 3.71. The van der Waals surface area contributed by atoms with Gasteiger partial charge in [0, 0.05) is 28.5 Å². The Hall–Kier alpha value is -4.50. The fourth-order valence-electron chi connectivity index (χ4n) is 4.68. The van der Waals surface area contributed by atoms with Gasteiger partial charge in [0.05, 0.1) is 10.8 Å². The van der Waals surface area contributed by atoms with E-state index >= 15 is 0 Å². The molecule has 0 fully saturated rings. The highest BCUT2D eigenvalue weighted by Crippen LogP contribution is 2.44. The third-order valence-corrected chi connectivity index (χ3v) is 7.33. The van der Waals surface area contributed by atoms with Crippen molar-refractivity contribution in [1.29, 1.82) is 0 Å². The van der Waals surface area contributed by atoms with Crippen LogP contribution in [0.25, 0.3) is 16.5 Å². The molecular weight excluding hydrogens is 486 g/mol. The van der Waals surface area contributed by atoms with Crippen LogP contribution < -0.4 is 15.6 Å². The molecule has 2 N–H and O–H groups in total. The summed E-state index contributed by atoms with van der Waals surface area (Å²) in [5, 5.41) is 9.72. The molecule has 0 unspecified atom stereocenters. The zero-order valence-electron chi connectivity index (χ0n) is 20.2. The van der Waals surface area contributed by atoms with Crippen molar-refractivity contribution < 1.29 is 9.53 Å². The summed E-state index contributed by atoms with van der Waals surface area (Å²) in [5.41, 5.74) is 3.24. The summed E-state index contributed by atoms with van der Waals surface area (Å²) in [6, 6.07) is 20.8. The van der Waals surface area contributed by atoms with Gasteiger partial charge in [-0.3, -0.25) is 14.6 Å². The molecule has 0 aliphatic carbocycles. The number of thiophene rings is 1. The normalized spacial score (nSPS) is 12.5. The van der Waals surface area contributed by atoms with Gasteiger partial charge < -0.3 is 10.1 Å². The summed E-state index contributed by atoms with van der Waals surface area (Å²) in [4.78, 5) is 35.0. The van der Waals surface area contributed by atoms with Crippen molar-refractivity contribution in [2.24, 2.45) is 0 Å². The number of benzene rings is 2. The smallest absolute Gasteiger partial charge is 0.255 e. The quantitative estimate of drug-likeness (QED) is 0.329. The lowest BCUT2D eigenvalue weighted by atomic mass is 9.87. The number of amides is 1. The second-order valence-electron chi connectivity index (χ2n) is 8.71. The number of aryl methyl sites for hydroxylation is 1. The molecule has 1 aliphatic rings. The molecule has 6 rings (SSSR count). The third kappa shape index (κ3) is 4.03. The molecule has 0 spiro atoms. The summed E-state index contributed by atoms with van der Waals surface area (Å²) >= 11 is 1.54. The van der Waals surface area contributed by atoms with Crippen molar-refractivity contribution >= 4 is 23.1 Å². The molecule has 0 bridgehead atoms. The fraction of sp³-hybridized carbons (Fsp3) is 0.143. The number of aromatic nitrogens is 4. The molecule has 5 aromatic rings. The number of ether oxygens (including phenoxy) is 1. The topological polar surface area (TPSA) is 102 Å². The number of hydrogen-bond donors (Lipinski definition) is 2. The number of rotatable bonds is 5. The van der Waals surface area contributed by atoms with Crippen LogP contribution in [0.5, 0.6) is 11.5 Å².